The number of nitrogens with one attached hydrogen (secondary N) is 1. The maximum absolute atomic E-state index is 10.7. The molecular formula is C22H24N4O2. The second-order valence-corrected chi connectivity index (χ2v) is 7.99. The van der Waals surface area contributed by atoms with E-state index >= 15 is 0 Å². The molecular weight excluding hydrogens is 352 g/mol. The maximum Gasteiger partial charge on any atom is 0.143 e. The van der Waals surface area contributed by atoms with Crippen molar-refractivity contribution in [2.24, 2.45) is 0 Å². The molecule has 2 aromatic heterocycles. The van der Waals surface area contributed by atoms with Crippen LogP contribution in [0.1, 0.15) is 37.5 Å². The van der Waals surface area contributed by atoms with Crippen LogP contribution in [0.3, 0.4) is 0 Å². The number of imidazole rings is 1. The monoisotopic (exact) mass is 376 g/mol. The van der Waals surface area contributed by atoms with Gasteiger partial charge in [0.05, 0.1) is 30.5 Å². The van der Waals surface area contributed by atoms with Gasteiger partial charge in [-0.2, -0.15) is 5.26 Å². The molecule has 1 atom stereocenters. The van der Waals surface area contributed by atoms with Gasteiger partial charge in [0.25, 0.3) is 0 Å². The first-order chi connectivity index (χ1) is 13.3. The molecule has 0 radical (unpaired) electrons. The van der Waals surface area contributed by atoms with E-state index in [0.29, 0.717) is 12.3 Å². The van der Waals surface area contributed by atoms with Crippen LogP contribution in [0.4, 0.5) is 0 Å². The Balaban J connectivity index is 1.86. The molecule has 3 heterocycles. The molecule has 0 aliphatic carbocycles. The second-order valence-electron chi connectivity index (χ2n) is 7.99. The molecule has 0 amide bonds. The van der Waals surface area contributed by atoms with Crippen LogP contribution in [-0.4, -0.2) is 28.1 Å². The third kappa shape index (κ3) is 2.84. The van der Waals surface area contributed by atoms with Crippen molar-refractivity contribution in [2.75, 3.05) is 13.7 Å². The Labute approximate surface area is 164 Å². The van der Waals surface area contributed by atoms with E-state index in [4.69, 9.17) is 4.74 Å². The van der Waals surface area contributed by atoms with E-state index in [1.165, 1.54) is 0 Å². The minimum atomic E-state index is -1.12. The number of nitriles is 1. The summed E-state index contributed by atoms with van der Waals surface area (Å²) in [7, 11) is 1.62. The zero-order chi connectivity index (χ0) is 20.1. The summed E-state index contributed by atoms with van der Waals surface area (Å²) >= 11 is 0. The average molecular weight is 376 g/mol. The largest absolute Gasteiger partial charge is 0.496 e. The normalized spacial score (nSPS) is 19.3. The van der Waals surface area contributed by atoms with Gasteiger partial charge in [0.2, 0.25) is 0 Å². The van der Waals surface area contributed by atoms with Crippen LogP contribution >= 0.6 is 0 Å². The van der Waals surface area contributed by atoms with Gasteiger partial charge < -0.3 is 9.84 Å². The van der Waals surface area contributed by atoms with E-state index in [2.05, 4.69) is 22.4 Å². The first kappa shape index (κ1) is 18.5. The molecule has 0 bridgehead atoms. The number of fused-ring (bicyclic) bond motifs is 2. The van der Waals surface area contributed by atoms with Gasteiger partial charge in [-0.15, -0.1) is 0 Å². The summed E-state index contributed by atoms with van der Waals surface area (Å²) in [6.45, 7) is 6.25. The molecule has 0 fully saturated rings. The van der Waals surface area contributed by atoms with Crippen molar-refractivity contribution >= 4 is 5.65 Å². The van der Waals surface area contributed by atoms with Gasteiger partial charge >= 0.3 is 0 Å². The highest BCUT2D eigenvalue weighted by Crippen LogP contribution is 2.38. The molecule has 1 aliphatic rings. The average Bonchev–Trinajstić information content (AvgIpc) is 3.10. The topological polar surface area (TPSA) is 82.6 Å². The number of rotatable bonds is 3. The predicted octanol–water partition coefficient (Wildman–Crippen LogP) is 3.12. The Morgan fingerprint density at radius 1 is 1.36 bits per heavy atom. The third-order valence-corrected chi connectivity index (χ3v) is 5.56. The van der Waals surface area contributed by atoms with Crippen LogP contribution in [0, 0.1) is 11.3 Å². The minimum absolute atomic E-state index is 0.568. The fourth-order valence-corrected chi connectivity index (χ4v) is 3.91. The fraction of sp³-hybridized carbons (Fsp3) is 0.364. The van der Waals surface area contributed by atoms with Crippen molar-refractivity contribution < 1.29 is 9.84 Å². The zero-order valence-electron chi connectivity index (χ0n) is 16.6. The first-order valence-corrected chi connectivity index (χ1v) is 9.35. The highest BCUT2D eigenvalue weighted by Gasteiger charge is 2.33. The van der Waals surface area contributed by atoms with Crippen LogP contribution < -0.4 is 10.1 Å². The zero-order valence-corrected chi connectivity index (χ0v) is 16.6. The van der Waals surface area contributed by atoms with Crippen molar-refractivity contribution in [1.82, 2.24) is 14.7 Å². The number of nitrogens with zero attached hydrogens (tertiary/aromatic N) is 3. The lowest BCUT2D eigenvalue weighted by Gasteiger charge is -2.34. The number of ether oxygens (including phenoxy) is 1. The molecule has 3 aromatic rings. The predicted molar refractivity (Wildman–Crippen MR) is 107 cm³/mol. The number of aliphatic hydroxyl groups is 1. The van der Waals surface area contributed by atoms with Gasteiger partial charge in [0.15, 0.2) is 0 Å². The highest BCUT2D eigenvalue weighted by molar-refractivity contribution is 5.69. The number of methoxy groups -OCH3 is 1. The van der Waals surface area contributed by atoms with E-state index in [1.54, 1.807) is 14.0 Å². The Hall–Kier alpha value is -2.88. The molecule has 2 N–H and O–H groups in total. The van der Waals surface area contributed by atoms with E-state index < -0.39 is 11.1 Å². The van der Waals surface area contributed by atoms with Crippen LogP contribution in [0.2, 0.25) is 0 Å². The Kier molecular flexibility index (Phi) is 4.18. The van der Waals surface area contributed by atoms with Gasteiger partial charge in [0.1, 0.15) is 17.1 Å². The molecule has 0 saturated carbocycles. The van der Waals surface area contributed by atoms with Gasteiger partial charge in [-0.3, -0.25) is 9.72 Å². The Bertz CT molecular complexity index is 1090. The summed E-state index contributed by atoms with van der Waals surface area (Å²) in [4.78, 5) is 4.55. The number of hydrogen-bond donors (Lipinski definition) is 2. The molecule has 1 unspecified atom stereocenters. The molecule has 0 saturated heterocycles. The Morgan fingerprint density at radius 2 is 2.14 bits per heavy atom. The van der Waals surface area contributed by atoms with E-state index in [1.807, 2.05) is 48.8 Å². The van der Waals surface area contributed by atoms with E-state index in [0.717, 1.165) is 40.0 Å². The van der Waals surface area contributed by atoms with Crippen molar-refractivity contribution in [3.8, 4) is 23.1 Å². The quantitative estimate of drug-likeness (QED) is 0.734. The number of pyridine rings is 1. The van der Waals surface area contributed by atoms with Crippen molar-refractivity contribution in [1.29, 1.82) is 5.26 Å². The summed E-state index contributed by atoms with van der Waals surface area (Å²) in [5.74, 6) is 0.655. The molecule has 4 rings (SSSR count). The molecule has 1 aliphatic heterocycles. The van der Waals surface area contributed by atoms with Crippen LogP contribution in [0.25, 0.3) is 16.9 Å². The smallest absolute Gasteiger partial charge is 0.143 e. The van der Waals surface area contributed by atoms with Crippen LogP contribution in [0.5, 0.6) is 5.75 Å². The first-order valence-electron chi connectivity index (χ1n) is 9.35. The number of aromatic nitrogens is 2. The second kappa shape index (κ2) is 6.33. The third-order valence-electron chi connectivity index (χ3n) is 5.56. The van der Waals surface area contributed by atoms with Crippen molar-refractivity contribution in [3.63, 3.8) is 0 Å². The number of benzene rings is 1. The highest BCUT2D eigenvalue weighted by atomic mass is 16.5. The molecule has 144 valence electrons. The summed E-state index contributed by atoms with van der Waals surface area (Å²) < 4.78 is 7.62. The summed E-state index contributed by atoms with van der Waals surface area (Å²) in [6.07, 6.45) is 4.60. The summed E-state index contributed by atoms with van der Waals surface area (Å²) in [6, 6.07) is 10.3. The van der Waals surface area contributed by atoms with Crippen LogP contribution in [0.15, 0.2) is 36.7 Å². The number of hydrogen-bond acceptors (Lipinski definition) is 5. The van der Waals surface area contributed by atoms with E-state index in [9.17, 15) is 10.4 Å². The molecule has 6 nitrogen and oxygen atoms in total. The lowest BCUT2D eigenvalue weighted by molar-refractivity contribution is 0.0116. The summed E-state index contributed by atoms with van der Waals surface area (Å²) in [5, 5.41) is 23.3. The minimum Gasteiger partial charge on any atom is -0.496 e. The lowest BCUT2D eigenvalue weighted by atomic mass is 9.87. The summed E-state index contributed by atoms with van der Waals surface area (Å²) in [5.41, 5.74) is 3.82. The van der Waals surface area contributed by atoms with Gasteiger partial charge in [0, 0.05) is 23.9 Å². The van der Waals surface area contributed by atoms with Crippen molar-refractivity contribution in [2.45, 2.75) is 38.3 Å². The molecule has 0 spiro atoms. The Morgan fingerprint density at radius 3 is 2.86 bits per heavy atom. The molecule has 1 aromatic carbocycles. The maximum atomic E-state index is 10.7. The van der Waals surface area contributed by atoms with E-state index in [-0.39, 0.29) is 0 Å². The lowest BCUT2D eigenvalue weighted by Crippen LogP contribution is -2.45. The standard InChI is InChI=1S/C22H24N4O2/c1-21(2,13-23)16-6-8-26-17(12-24-19(26)11-16)15-9-14-5-7-25-22(3,27)20(14)18(10-15)28-4/h6,8-12,25,27H,5,7H2,1-4H3. The fourth-order valence-electron chi connectivity index (χ4n) is 3.91. The van der Waals surface area contributed by atoms with Gasteiger partial charge in [-0.1, -0.05) is 0 Å². The van der Waals surface area contributed by atoms with Gasteiger partial charge in [-0.05, 0) is 62.6 Å². The molecule has 6 heteroatoms. The van der Waals surface area contributed by atoms with Crippen molar-refractivity contribution in [3.05, 3.63) is 53.3 Å². The van der Waals surface area contributed by atoms with Gasteiger partial charge in [-0.25, -0.2) is 4.98 Å². The SMILES string of the molecule is COc1cc(-c2cnc3cc(C(C)(C)C#N)ccn23)cc2c1C(C)(O)NCC2. The molecule has 28 heavy (non-hydrogen) atoms. The van der Waals surface area contributed by atoms with Crippen LogP contribution in [-0.2, 0) is 17.6 Å².